The quantitative estimate of drug-likeness (QED) is 0.461. The summed E-state index contributed by atoms with van der Waals surface area (Å²) in [7, 11) is 4.87. The number of ether oxygens (including phenoxy) is 4. The van der Waals surface area contributed by atoms with E-state index in [1.54, 1.807) is 0 Å². The van der Waals surface area contributed by atoms with Gasteiger partial charge in [0.25, 0.3) is 0 Å². The molecule has 0 bridgehead atoms. The monoisotopic (exact) mass is 438 g/mol. The second kappa shape index (κ2) is 9.11. The molecule has 0 fully saturated rings. The summed E-state index contributed by atoms with van der Waals surface area (Å²) in [5.41, 5.74) is 0. The van der Waals surface area contributed by atoms with Crippen molar-refractivity contribution < 1.29 is 38.1 Å². The van der Waals surface area contributed by atoms with Crippen molar-refractivity contribution in [1.82, 2.24) is 0 Å². The number of methoxy groups -OCH3 is 4. The minimum atomic E-state index is -0.646. The third-order valence-corrected chi connectivity index (χ3v) is 9.60. The Kier molecular flexibility index (Phi) is 7.38. The zero-order valence-corrected chi connectivity index (χ0v) is 17.3. The van der Waals surface area contributed by atoms with Gasteiger partial charge in [-0.1, -0.05) is 0 Å². The fourth-order valence-electron chi connectivity index (χ4n) is 1.88. The lowest BCUT2D eigenvalue weighted by molar-refractivity contribution is -0.138. The van der Waals surface area contributed by atoms with Crippen LogP contribution in [0.25, 0.3) is 0 Å². The van der Waals surface area contributed by atoms with Crippen LogP contribution in [-0.2, 0) is 38.1 Å². The largest absolute Gasteiger partial charge is 0.465 e. The first-order valence-electron chi connectivity index (χ1n) is 6.86. The van der Waals surface area contributed by atoms with Crippen LogP contribution in [0.15, 0.2) is 19.6 Å². The maximum absolute atomic E-state index is 11.9. The van der Waals surface area contributed by atoms with Crippen LogP contribution in [0.4, 0.5) is 0 Å². The average molecular weight is 439 g/mol. The number of hydrogen-bond acceptors (Lipinski definition) is 12. The molecule has 0 aromatic rings. The summed E-state index contributed by atoms with van der Waals surface area (Å²) in [6.07, 6.45) is 0. The van der Waals surface area contributed by atoms with Gasteiger partial charge in [0, 0.05) is 0 Å². The highest BCUT2D eigenvalue weighted by Crippen LogP contribution is 2.58. The highest BCUT2D eigenvalue weighted by molar-refractivity contribution is 8.30. The Bertz CT molecular complexity index is 598. The number of carbonyl (C=O) groups is 4. The van der Waals surface area contributed by atoms with Crippen molar-refractivity contribution in [1.29, 1.82) is 0 Å². The number of hydrogen-bond donors (Lipinski definition) is 0. The normalized spacial score (nSPS) is 18.2. The van der Waals surface area contributed by atoms with Gasteiger partial charge in [-0.15, -0.1) is 47.0 Å². The van der Waals surface area contributed by atoms with Crippen molar-refractivity contribution in [3.8, 4) is 0 Å². The van der Waals surface area contributed by atoms with Crippen LogP contribution < -0.4 is 0 Å². The van der Waals surface area contributed by atoms with Crippen LogP contribution in [0.2, 0.25) is 0 Å². The van der Waals surface area contributed by atoms with Gasteiger partial charge in [0.2, 0.25) is 0 Å². The molecular weight excluding hydrogens is 424 g/mol. The van der Waals surface area contributed by atoms with Crippen molar-refractivity contribution in [2.24, 2.45) is 0 Å². The Balaban J connectivity index is 2.22. The minimum absolute atomic E-state index is 0.140. The number of thioether (sulfide) groups is 4. The maximum atomic E-state index is 11.9. The standard InChI is InChI=1S/C14H14O8S4/c1-19-9(15)5-6(10(16)20-2)24-13(23-5)14-25-7(11(17)21-3)8(26-14)12(18)22-4/h13-14H,1-4H3. The summed E-state index contributed by atoms with van der Waals surface area (Å²) < 4.78 is 18.2. The Morgan fingerprint density at radius 3 is 0.885 bits per heavy atom. The molecule has 2 aliphatic rings. The van der Waals surface area contributed by atoms with Crippen LogP contribution in [0.3, 0.4) is 0 Å². The molecule has 0 atom stereocenters. The van der Waals surface area contributed by atoms with Crippen LogP contribution in [-0.4, -0.2) is 61.5 Å². The Morgan fingerprint density at radius 2 is 0.731 bits per heavy atom. The fourth-order valence-corrected chi connectivity index (χ4v) is 8.19. The molecule has 0 spiro atoms. The maximum Gasteiger partial charge on any atom is 0.345 e. The molecule has 0 aromatic heterocycles. The van der Waals surface area contributed by atoms with E-state index in [0.717, 1.165) is 47.0 Å². The Hall–Kier alpha value is -1.24. The predicted molar refractivity (Wildman–Crippen MR) is 100 cm³/mol. The molecular formula is C14H14O8S4. The van der Waals surface area contributed by atoms with E-state index < -0.39 is 23.9 Å². The van der Waals surface area contributed by atoms with E-state index in [4.69, 9.17) is 18.9 Å². The molecule has 0 aliphatic carbocycles. The minimum Gasteiger partial charge on any atom is -0.465 e. The average Bonchev–Trinajstić information content (AvgIpc) is 3.30. The van der Waals surface area contributed by atoms with E-state index in [9.17, 15) is 19.2 Å². The molecule has 0 radical (unpaired) electrons. The lowest BCUT2D eigenvalue weighted by Gasteiger charge is -2.15. The van der Waals surface area contributed by atoms with Gasteiger partial charge in [0.15, 0.2) is 0 Å². The second-order valence-electron chi connectivity index (χ2n) is 4.49. The summed E-state index contributed by atoms with van der Waals surface area (Å²) in [5.74, 6) is -2.58. The molecule has 2 heterocycles. The molecule has 0 aromatic carbocycles. The first kappa shape index (κ1) is 21.1. The smallest absolute Gasteiger partial charge is 0.345 e. The molecule has 2 aliphatic heterocycles. The van der Waals surface area contributed by atoms with Gasteiger partial charge in [-0.05, 0) is 0 Å². The molecule has 12 heteroatoms. The summed E-state index contributed by atoms with van der Waals surface area (Å²) >= 11 is 4.52. The number of rotatable bonds is 5. The SMILES string of the molecule is COC(=O)C1=C(C(=O)OC)SC(C2SC(C(=O)OC)=C(C(=O)OC)S2)S1. The highest BCUT2D eigenvalue weighted by Gasteiger charge is 2.45. The van der Waals surface area contributed by atoms with E-state index in [1.165, 1.54) is 28.4 Å². The summed E-state index contributed by atoms with van der Waals surface area (Å²) in [5, 5.41) is 0. The van der Waals surface area contributed by atoms with Crippen molar-refractivity contribution in [2.45, 2.75) is 9.16 Å². The van der Waals surface area contributed by atoms with Gasteiger partial charge < -0.3 is 18.9 Å². The van der Waals surface area contributed by atoms with Gasteiger partial charge in [0.05, 0.1) is 37.6 Å². The van der Waals surface area contributed by atoms with E-state index in [-0.39, 0.29) is 28.8 Å². The summed E-state index contributed by atoms with van der Waals surface area (Å²) in [4.78, 5) is 48.4. The molecule has 0 unspecified atom stereocenters. The lowest BCUT2D eigenvalue weighted by atomic mass is 10.5. The van der Waals surface area contributed by atoms with E-state index in [0.29, 0.717) is 0 Å². The second-order valence-corrected chi connectivity index (χ2v) is 9.70. The molecule has 8 nitrogen and oxygen atoms in total. The van der Waals surface area contributed by atoms with Crippen LogP contribution in [0.1, 0.15) is 0 Å². The zero-order chi connectivity index (χ0) is 19.4. The number of esters is 4. The number of carbonyl (C=O) groups excluding carboxylic acids is 4. The van der Waals surface area contributed by atoms with Crippen molar-refractivity contribution >= 4 is 70.9 Å². The van der Waals surface area contributed by atoms with E-state index in [2.05, 4.69) is 0 Å². The third-order valence-electron chi connectivity index (χ3n) is 3.05. The highest BCUT2D eigenvalue weighted by atomic mass is 32.2. The van der Waals surface area contributed by atoms with Crippen molar-refractivity contribution in [3.63, 3.8) is 0 Å². The molecule has 0 N–H and O–H groups in total. The molecule has 0 amide bonds. The lowest BCUT2D eigenvalue weighted by Crippen LogP contribution is -2.11. The topological polar surface area (TPSA) is 105 Å². The van der Waals surface area contributed by atoms with Gasteiger partial charge in [0.1, 0.15) is 19.6 Å². The molecule has 0 saturated heterocycles. The molecule has 26 heavy (non-hydrogen) atoms. The first-order valence-corrected chi connectivity index (χ1v) is 10.4. The van der Waals surface area contributed by atoms with Gasteiger partial charge in [-0.25, -0.2) is 19.2 Å². The zero-order valence-electron chi connectivity index (χ0n) is 14.1. The van der Waals surface area contributed by atoms with E-state index >= 15 is 0 Å². The van der Waals surface area contributed by atoms with Gasteiger partial charge >= 0.3 is 23.9 Å². The Labute approximate surface area is 166 Å². The van der Waals surface area contributed by atoms with Crippen LogP contribution in [0.5, 0.6) is 0 Å². The first-order chi connectivity index (χ1) is 12.4. The van der Waals surface area contributed by atoms with Gasteiger partial charge in [-0.3, -0.25) is 0 Å². The molecule has 0 saturated carbocycles. The van der Waals surface area contributed by atoms with E-state index in [1.807, 2.05) is 0 Å². The molecule has 2 rings (SSSR count). The van der Waals surface area contributed by atoms with Crippen molar-refractivity contribution in [3.05, 3.63) is 19.6 Å². The summed E-state index contributed by atoms with van der Waals surface area (Å²) in [6.45, 7) is 0. The summed E-state index contributed by atoms with van der Waals surface area (Å²) in [6, 6.07) is 0. The molecule has 142 valence electrons. The van der Waals surface area contributed by atoms with Crippen molar-refractivity contribution in [2.75, 3.05) is 28.4 Å². The Morgan fingerprint density at radius 1 is 0.538 bits per heavy atom. The predicted octanol–water partition coefficient (Wildman–Crippen LogP) is 1.71. The van der Waals surface area contributed by atoms with Crippen LogP contribution in [0, 0.1) is 0 Å². The fraction of sp³-hybridized carbons (Fsp3) is 0.429. The van der Waals surface area contributed by atoms with Crippen LogP contribution >= 0.6 is 47.0 Å². The third kappa shape index (κ3) is 4.18. The van der Waals surface area contributed by atoms with Gasteiger partial charge in [-0.2, -0.15) is 0 Å².